The first kappa shape index (κ1) is 25.8. The van der Waals surface area contributed by atoms with Gasteiger partial charge in [0.25, 0.3) is 0 Å². The third-order valence-electron chi connectivity index (χ3n) is 4.35. The summed E-state index contributed by atoms with van der Waals surface area (Å²) < 4.78 is 41.6. The van der Waals surface area contributed by atoms with Gasteiger partial charge >= 0.3 is 6.18 Å². The van der Waals surface area contributed by atoms with Gasteiger partial charge in [0.05, 0.1) is 0 Å². The van der Waals surface area contributed by atoms with Gasteiger partial charge in [-0.05, 0) is 43.8 Å². The molecule has 0 spiro atoms. The molecule has 1 aliphatic heterocycles. The lowest BCUT2D eigenvalue weighted by atomic mass is 9.85. The average Bonchev–Trinajstić information content (AvgIpc) is 2.59. The van der Waals surface area contributed by atoms with Gasteiger partial charge < -0.3 is 15.4 Å². The smallest absolute Gasteiger partial charge is 0.422 e. The van der Waals surface area contributed by atoms with Gasteiger partial charge in [0.2, 0.25) is 11.8 Å². The number of piperidine rings is 1. The lowest BCUT2D eigenvalue weighted by molar-refractivity contribution is -0.154. The van der Waals surface area contributed by atoms with Gasteiger partial charge in [0.15, 0.2) is 6.61 Å². The summed E-state index contributed by atoms with van der Waals surface area (Å²) in [7, 11) is 0. The van der Waals surface area contributed by atoms with Crippen molar-refractivity contribution >= 4 is 30.7 Å². The average molecular weight is 432 g/mol. The molecule has 0 aliphatic carbocycles. The fourth-order valence-electron chi connectivity index (χ4n) is 2.93. The molecule has 156 valence electrons. The highest BCUT2D eigenvalue weighted by Crippen LogP contribution is 2.23. The quantitative estimate of drug-likeness (QED) is 0.693. The molecule has 1 aromatic rings. The van der Waals surface area contributed by atoms with E-state index in [0.717, 1.165) is 25.9 Å². The molecule has 0 saturated carbocycles. The molecule has 2 atom stereocenters. The highest BCUT2D eigenvalue weighted by Gasteiger charge is 2.29. The van der Waals surface area contributed by atoms with Crippen LogP contribution in [0.5, 0.6) is 5.88 Å². The van der Waals surface area contributed by atoms with Gasteiger partial charge in [-0.3, -0.25) is 4.79 Å². The number of ether oxygens (including phenoxy) is 1. The van der Waals surface area contributed by atoms with Crippen LogP contribution < -0.4 is 15.4 Å². The summed E-state index contributed by atoms with van der Waals surface area (Å²) in [5, 5.41) is 6.08. The third-order valence-corrected chi connectivity index (χ3v) is 4.35. The van der Waals surface area contributed by atoms with Gasteiger partial charge in [0.1, 0.15) is 0 Å². The van der Waals surface area contributed by atoms with Crippen molar-refractivity contribution in [3.05, 3.63) is 23.9 Å². The predicted molar refractivity (Wildman–Crippen MR) is 102 cm³/mol. The monoisotopic (exact) mass is 431 g/mol. The summed E-state index contributed by atoms with van der Waals surface area (Å²) in [4.78, 5) is 15.9. The third kappa shape index (κ3) is 9.48. The lowest BCUT2D eigenvalue weighted by Gasteiger charge is -2.28. The van der Waals surface area contributed by atoms with Crippen molar-refractivity contribution in [1.29, 1.82) is 0 Å². The molecule has 1 amide bonds. The van der Waals surface area contributed by atoms with E-state index < -0.39 is 12.8 Å². The maximum atomic E-state index is 12.3. The molecule has 0 aromatic carbocycles. The Labute approximate surface area is 169 Å². The van der Waals surface area contributed by atoms with E-state index in [4.69, 9.17) is 4.74 Å². The summed E-state index contributed by atoms with van der Waals surface area (Å²) in [5.74, 6) is 0.500. The predicted octanol–water partition coefficient (Wildman–Crippen LogP) is 3.51. The van der Waals surface area contributed by atoms with E-state index in [0.29, 0.717) is 17.9 Å². The Hall–Kier alpha value is -1.25. The van der Waals surface area contributed by atoms with Crippen LogP contribution in [0.25, 0.3) is 0 Å². The van der Waals surface area contributed by atoms with E-state index in [2.05, 4.69) is 22.5 Å². The Kier molecular flexibility index (Phi) is 11.7. The Morgan fingerprint density at radius 2 is 2.19 bits per heavy atom. The highest BCUT2D eigenvalue weighted by atomic mass is 35.5. The maximum Gasteiger partial charge on any atom is 0.422 e. The second-order valence-electron chi connectivity index (χ2n) is 6.44. The Bertz CT molecular complexity index is 571. The van der Waals surface area contributed by atoms with Gasteiger partial charge in [-0.25, -0.2) is 4.98 Å². The number of nitrogens with zero attached hydrogens (tertiary/aromatic N) is 1. The number of rotatable bonds is 7. The number of amides is 1. The summed E-state index contributed by atoms with van der Waals surface area (Å²) in [5.41, 5.74) is 0.423. The summed E-state index contributed by atoms with van der Waals surface area (Å²) in [6.07, 6.45) is -0.451. The van der Waals surface area contributed by atoms with Crippen molar-refractivity contribution in [3.63, 3.8) is 0 Å². The largest absolute Gasteiger partial charge is 0.468 e. The topological polar surface area (TPSA) is 63.2 Å². The van der Waals surface area contributed by atoms with Crippen LogP contribution in [0.1, 0.15) is 31.7 Å². The molecule has 1 aromatic heterocycles. The summed E-state index contributed by atoms with van der Waals surface area (Å²) in [6.45, 7) is 2.69. The number of aromatic nitrogens is 1. The van der Waals surface area contributed by atoms with Crippen LogP contribution in [0.3, 0.4) is 0 Å². The van der Waals surface area contributed by atoms with E-state index in [-0.39, 0.29) is 49.1 Å². The van der Waals surface area contributed by atoms with Crippen LogP contribution in [-0.4, -0.2) is 36.8 Å². The Morgan fingerprint density at radius 3 is 2.81 bits per heavy atom. The first-order valence-electron chi connectivity index (χ1n) is 8.46. The molecule has 5 nitrogen and oxygen atoms in total. The van der Waals surface area contributed by atoms with E-state index in [1.54, 1.807) is 12.1 Å². The molecule has 2 N–H and O–H groups in total. The minimum absolute atomic E-state index is 0. The first-order valence-corrected chi connectivity index (χ1v) is 8.46. The van der Waals surface area contributed by atoms with Crippen LogP contribution in [0.2, 0.25) is 0 Å². The highest BCUT2D eigenvalue weighted by molar-refractivity contribution is 5.85. The molecular formula is C17H26Cl2F3N3O2. The Balaban J connectivity index is 0.00000338. The fourth-order valence-corrected chi connectivity index (χ4v) is 2.93. The van der Waals surface area contributed by atoms with Crippen molar-refractivity contribution in [2.75, 3.05) is 19.7 Å². The van der Waals surface area contributed by atoms with Gasteiger partial charge in [0, 0.05) is 24.7 Å². The minimum atomic E-state index is -4.43. The molecule has 2 unspecified atom stereocenters. The second-order valence-corrected chi connectivity index (χ2v) is 6.44. The summed E-state index contributed by atoms with van der Waals surface area (Å²) in [6, 6.07) is 3.19. The Morgan fingerprint density at radius 1 is 1.44 bits per heavy atom. The van der Waals surface area contributed by atoms with Crippen molar-refractivity contribution in [2.45, 2.75) is 38.9 Å². The fraction of sp³-hybridized carbons (Fsp3) is 0.647. The molecule has 2 rings (SSSR count). The number of alkyl halides is 3. The van der Waals surface area contributed by atoms with E-state index in [1.165, 1.54) is 6.20 Å². The molecule has 10 heteroatoms. The number of carbonyl (C=O) groups excluding carboxylic acids is 1. The second kappa shape index (κ2) is 12.3. The number of hydrogen-bond donors (Lipinski definition) is 2. The van der Waals surface area contributed by atoms with Crippen LogP contribution in [0.15, 0.2) is 18.3 Å². The van der Waals surface area contributed by atoms with E-state index in [9.17, 15) is 18.0 Å². The van der Waals surface area contributed by atoms with Crippen molar-refractivity contribution in [3.8, 4) is 5.88 Å². The SMILES string of the molecule is CC(CC(=O)NCc1cccnc1OCC(F)(F)F)C1CCCNC1.Cl.Cl. The number of nitrogens with one attached hydrogen (secondary N) is 2. The molecule has 0 radical (unpaired) electrons. The minimum Gasteiger partial charge on any atom is -0.468 e. The molecule has 1 fully saturated rings. The zero-order valence-electron chi connectivity index (χ0n) is 15.1. The standard InChI is InChI=1S/C17H24F3N3O2.2ClH/c1-12(13-4-2-6-21-9-13)8-15(24)23-10-14-5-3-7-22-16(14)25-11-17(18,19)20;;/h3,5,7,12-13,21H,2,4,6,8-11H2,1H3,(H,23,24);2*1H. The van der Waals surface area contributed by atoms with Crippen LogP contribution >= 0.6 is 24.8 Å². The summed E-state index contributed by atoms with van der Waals surface area (Å²) >= 11 is 0. The molecule has 27 heavy (non-hydrogen) atoms. The van der Waals surface area contributed by atoms with Crippen molar-refractivity contribution in [1.82, 2.24) is 15.6 Å². The van der Waals surface area contributed by atoms with Gasteiger partial charge in [-0.1, -0.05) is 13.0 Å². The number of pyridine rings is 1. The normalized spacial score (nSPS) is 17.9. The molecular weight excluding hydrogens is 406 g/mol. The maximum absolute atomic E-state index is 12.3. The van der Waals surface area contributed by atoms with E-state index in [1.807, 2.05) is 0 Å². The van der Waals surface area contributed by atoms with Crippen LogP contribution in [0.4, 0.5) is 13.2 Å². The zero-order valence-corrected chi connectivity index (χ0v) is 16.7. The molecule has 2 heterocycles. The number of carbonyl (C=O) groups is 1. The van der Waals surface area contributed by atoms with Crippen LogP contribution in [-0.2, 0) is 11.3 Å². The van der Waals surface area contributed by atoms with Crippen molar-refractivity contribution in [2.24, 2.45) is 11.8 Å². The van der Waals surface area contributed by atoms with Gasteiger partial charge in [-0.2, -0.15) is 13.2 Å². The first-order chi connectivity index (χ1) is 11.8. The molecule has 1 aliphatic rings. The molecule has 0 bridgehead atoms. The van der Waals surface area contributed by atoms with Crippen molar-refractivity contribution < 1.29 is 22.7 Å². The molecule has 1 saturated heterocycles. The number of halogens is 5. The zero-order chi connectivity index (χ0) is 18.3. The van der Waals surface area contributed by atoms with E-state index >= 15 is 0 Å². The lowest BCUT2D eigenvalue weighted by Crippen LogP contribution is -2.35. The van der Waals surface area contributed by atoms with Gasteiger partial charge in [-0.15, -0.1) is 24.8 Å². The number of hydrogen-bond acceptors (Lipinski definition) is 4. The van der Waals surface area contributed by atoms with Crippen LogP contribution in [0, 0.1) is 11.8 Å².